The lowest BCUT2D eigenvalue weighted by molar-refractivity contribution is 0.0424. The van der Waals surface area contributed by atoms with Crippen LogP contribution in [-0.4, -0.2) is 22.9 Å². The Balaban J connectivity index is 1.46. The molecule has 0 aliphatic carbocycles. The highest BCUT2D eigenvalue weighted by Crippen LogP contribution is 2.35. The van der Waals surface area contributed by atoms with Gasteiger partial charge in [0.1, 0.15) is 11.4 Å². The Bertz CT molecular complexity index is 971. The summed E-state index contributed by atoms with van der Waals surface area (Å²) >= 11 is 5.82. The zero-order valence-corrected chi connectivity index (χ0v) is 13.8. The molecule has 3 aromatic rings. The zero-order chi connectivity index (χ0) is 18.1. The van der Waals surface area contributed by atoms with Crippen molar-refractivity contribution in [2.45, 2.75) is 6.61 Å². The molecule has 1 aliphatic heterocycles. The fourth-order valence-corrected chi connectivity index (χ4v) is 2.60. The van der Waals surface area contributed by atoms with Gasteiger partial charge in [0.2, 0.25) is 12.6 Å². The lowest BCUT2D eigenvalue weighted by Gasteiger charge is -2.04. The number of hydrogen-bond donors (Lipinski definition) is 0. The summed E-state index contributed by atoms with van der Waals surface area (Å²) in [4.78, 5) is 16.1. The van der Waals surface area contributed by atoms with E-state index < -0.39 is 11.8 Å². The molecule has 4 rings (SSSR count). The first-order chi connectivity index (χ1) is 12.6. The van der Waals surface area contributed by atoms with Crippen molar-refractivity contribution in [1.29, 1.82) is 0 Å². The number of aromatic nitrogens is 2. The van der Waals surface area contributed by atoms with Crippen LogP contribution in [0.3, 0.4) is 0 Å². The van der Waals surface area contributed by atoms with Crippen LogP contribution in [0.1, 0.15) is 16.2 Å². The van der Waals surface area contributed by atoms with Gasteiger partial charge in [0.15, 0.2) is 18.1 Å². The van der Waals surface area contributed by atoms with E-state index in [2.05, 4.69) is 10.1 Å². The minimum Gasteiger partial charge on any atom is -0.454 e. The van der Waals surface area contributed by atoms with Crippen LogP contribution in [0.15, 0.2) is 40.9 Å². The van der Waals surface area contributed by atoms with Crippen LogP contribution in [0, 0.1) is 5.82 Å². The highest BCUT2D eigenvalue weighted by Gasteiger charge is 2.20. The van der Waals surface area contributed by atoms with E-state index in [1.807, 2.05) is 0 Å². The first-order valence-corrected chi connectivity index (χ1v) is 7.83. The number of rotatable bonds is 4. The fraction of sp³-hybridized carbons (Fsp3) is 0.118. The number of fused-ring (bicyclic) bond motifs is 1. The molecular weight excluding hydrogens is 367 g/mol. The summed E-state index contributed by atoms with van der Waals surface area (Å²) in [5, 5.41) is 3.78. The molecule has 0 radical (unpaired) electrons. The third kappa shape index (κ3) is 3.06. The van der Waals surface area contributed by atoms with E-state index in [9.17, 15) is 9.18 Å². The van der Waals surface area contributed by atoms with Crippen molar-refractivity contribution in [1.82, 2.24) is 10.1 Å². The molecule has 26 heavy (non-hydrogen) atoms. The Hall–Kier alpha value is -3.13. The van der Waals surface area contributed by atoms with E-state index in [-0.39, 0.29) is 29.9 Å². The van der Waals surface area contributed by atoms with Gasteiger partial charge in [-0.3, -0.25) is 0 Å². The second kappa shape index (κ2) is 6.64. The van der Waals surface area contributed by atoms with Gasteiger partial charge in [-0.2, -0.15) is 4.98 Å². The van der Waals surface area contributed by atoms with E-state index in [1.165, 1.54) is 12.1 Å². The summed E-state index contributed by atoms with van der Waals surface area (Å²) in [6, 6.07) is 9.09. The number of esters is 1. The Labute approximate surface area is 151 Å². The van der Waals surface area contributed by atoms with Gasteiger partial charge >= 0.3 is 5.97 Å². The Morgan fingerprint density at radius 3 is 2.92 bits per heavy atom. The van der Waals surface area contributed by atoms with Gasteiger partial charge in [0, 0.05) is 5.56 Å². The predicted molar refractivity (Wildman–Crippen MR) is 86.4 cm³/mol. The van der Waals surface area contributed by atoms with Crippen LogP contribution < -0.4 is 9.47 Å². The van der Waals surface area contributed by atoms with Crippen molar-refractivity contribution in [3.63, 3.8) is 0 Å². The van der Waals surface area contributed by atoms with E-state index >= 15 is 0 Å². The van der Waals surface area contributed by atoms with Crippen LogP contribution in [0.4, 0.5) is 4.39 Å². The van der Waals surface area contributed by atoms with Gasteiger partial charge in [-0.1, -0.05) is 22.8 Å². The molecule has 0 saturated carbocycles. The molecule has 0 amide bonds. The molecule has 2 heterocycles. The summed E-state index contributed by atoms with van der Waals surface area (Å²) in [7, 11) is 0. The maximum absolute atomic E-state index is 13.7. The van der Waals surface area contributed by atoms with Crippen molar-refractivity contribution in [2.24, 2.45) is 0 Å². The van der Waals surface area contributed by atoms with Gasteiger partial charge in [-0.25, -0.2) is 9.18 Å². The van der Waals surface area contributed by atoms with E-state index in [4.69, 9.17) is 30.3 Å². The summed E-state index contributed by atoms with van der Waals surface area (Å²) in [5.74, 6) is -0.135. The molecule has 2 aromatic carbocycles. The van der Waals surface area contributed by atoms with Gasteiger partial charge in [-0.05, 0) is 30.3 Å². The smallest absolute Gasteiger partial charge is 0.343 e. The molecule has 132 valence electrons. The molecule has 1 aromatic heterocycles. The largest absolute Gasteiger partial charge is 0.454 e. The molecule has 1 aliphatic rings. The van der Waals surface area contributed by atoms with Crippen LogP contribution in [0.2, 0.25) is 5.02 Å². The first kappa shape index (κ1) is 16.3. The molecule has 0 spiro atoms. The second-order valence-electron chi connectivity index (χ2n) is 5.25. The third-order valence-corrected chi connectivity index (χ3v) is 3.91. The lowest BCUT2D eigenvalue weighted by Crippen LogP contribution is -2.08. The Morgan fingerprint density at radius 2 is 2.08 bits per heavy atom. The number of benzene rings is 2. The molecule has 7 nitrogen and oxygen atoms in total. The molecule has 0 fully saturated rings. The van der Waals surface area contributed by atoms with Gasteiger partial charge in [0.25, 0.3) is 5.89 Å². The van der Waals surface area contributed by atoms with Crippen molar-refractivity contribution < 1.29 is 27.9 Å². The van der Waals surface area contributed by atoms with Gasteiger partial charge in [0.05, 0.1) is 5.02 Å². The third-order valence-electron chi connectivity index (χ3n) is 3.59. The Kier molecular flexibility index (Phi) is 4.18. The van der Waals surface area contributed by atoms with Crippen molar-refractivity contribution in [3.8, 4) is 22.9 Å². The standard InChI is InChI=1S/C17H10ClFN2O5/c18-10-2-1-3-11(19)15(10)17(22)23-7-14-20-16(21-26-14)9-4-5-12-13(6-9)25-8-24-12/h1-6H,7-8H2. The van der Waals surface area contributed by atoms with Crippen molar-refractivity contribution in [3.05, 3.63) is 58.7 Å². The minimum absolute atomic E-state index is 0.0402. The zero-order valence-electron chi connectivity index (χ0n) is 13.1. The SMILES string of the molecule is O=C(OCc1nc(-c2ccc3c(c2)OCO3)no1)c1c(F)cccc1Cl. The molecule has 9 heteroatoms. The monoisotopic (exact) mass is 376 g/mol. The van der Waals surface area contributed by atoms with Gasteiger partial charge in [-0.15, -0.1) is 0 Å². The van der Waals surface area contributed by atoms with Crippen LogP contribution in [-0.2, 0) is 11.3 Å². The van der Waals surface area contributed by atoms with E-state index in [1.54, 1.807) is 18.2 Å². The van der Waals surface area contributed by atoms with Crippen LogP contribution >= 0.6 is 11.6 Å². The molecule has 0 unspecified atom stereocenters. The molecule has 0 saturated heterocycles. The summed E-state index contributed by atoms with van der Waals surface area (Å²) in [6.45, 7) is -0.161. The van der Waals surface area contributed by atoms with Crippen molar-refractivity contribution in [2.75, 3.05) is 6.79 Å². The van der Waals surface area contributed by atoms with Crippen LogP contribution in [0.5, 0.6) is 11.5 Å². The highest BCUT2D eigenvalue weighted by molar-refractivity contribution is 6.33. The maximum atomic E-state index is 13.7. The average Bonchev–Trinajstić information content (AvgIpc) is 3.28. The maximum Gasteiger partial charge on any atom is 0.343 e. The molecule has 0 atom stereocenters. The minimum atomic E-state index is -0.920. The number of hydrogen-bond acceptors (Lipinski definition) is 7. The molecule has 0 bridgehead atoms. The van der Waals surface area contributed by atoms with Crippen molar-refractivity contribution >= 4 is 17.6 Å². The summed E-state index contributed by atoms with van der Waals surface area (Å²) in [6.07, 6.45) is 0. The quantitative estimate of drug-likeness (QED) is 0.643. The normalized spacial score (nSPS) is 12.2. The average molecular weight is 377 g/mol. The number of carbonyl (C=O) groups is 1. The van der Waals surface area contributed by atoms with Gasteiger partial charge < -0.3 is 18.7 Å². The van der Waals surface area contributed by atoms with E-state index in [0.717, 1.165) is 6.07 Å². The number of nitrogens with zero attached hydrogens (tertiary/aromatic N) is 2. The fourth-order valence-electron chi connectivity index (χ4n) is 2.36. The number of carbonyl (C=O) groups excluding carboxylic acids is 1. The predicted octanol–water partition coefficient (Wildman–Crippen LogP) is 3.61. The highest BCUT2D eigenvalue weighted by atomic mass is 35.5. The summed E-state index contributed by atoms with van der Waals surface area (Å²) in [5.41, 5.74) is 0.303. The topological polar surface area (TPSA) is 83.7 Å². The number of ether oxygens (including phenoxy) is 3. The Morgan fingerprint density at radius 1 is 1.23 bits per heavy atom. The summed E-state index contributed by atoms with van der Waals surface area (Å²) < 4.78 is 34.3. The lowest BCUT2D eigenvalue weighted by atomic mass is 10.2. The second-order valence-corrected chi connectivity index (χ2v) is 5.66. The van der Waals surface area contributed by atoms with E-state index in [0.29, 0.717) is 22.9 Å². The molecular formula is C17H10ClFN2O5. The number of halogens is 2. The first-order valence-electron chi connectivity index (χ1n) is 7.45. The molecule has 0 N–H and O–H groups in total. The van der Waals surface area contributed by atoms with Crippen LogP contribution in [0.25, 0.3) is 11.4 Å².